The number of benzene rings is 1. The number of carbonyl (C=O) groups is 2. The number of aliphatic carboxylic acids is 1. The van der Waals surface area contributed by atoms with E-state index in [1.54, 1.807) is 18.2 Å². The van der Waals surface area contributed by atoms with Crippen molar-refractivity contribution >= 4 is 11.9 Å². The fraction of sp³-hybridized carbons (Fsp3) is 0.333. The van der Waals surface area contributed by atoms with Crippen LogP contribution in [0.4, 0.5) is 0 Å². The third-order valence-corrected chi connectivity index (χ3v) is 2.25. The van der Waals surface area contributed by atoms with Gasteiger partial charge in [0.05, 0.1) is 6.42 Å². The second-order valence-corrected chi connectivity index (χ2v) is 3.64. The molecule has 5 nitrogen and oxygen atoms in total. The molecule has 1 aromatic carbocycles. The number of carbonyl (C=O) groups excluding carboxylic acids is 1. The Morgan fingerprint density at radius 3 is 2.76 bits per heavy atom. The minimum absolute atomic E-state index is 0.0752. The highest BCUT2D eigenvalue weighted by Crippen LogP contribution is 2.05. The van der Waals surface area contributed by atoms with Crippen molar-refractivity contribution in [2.45, 2.75) is 12.8 Å². The van der Waals surface area contributed by atoms with Crippen molar-refractivity contribution in [1.29, 1.82) is 0 Å². The normalized spacial score (nSPS) is 9.94. The molecule has 0 heterocycles. The average Bonchev–Trinajstić information content (AvgIpc) is 2.29. The highest BCUT2D eigenvalue weighted by atomic mass is 16.4. The highest BCUT2D eigenvalue weighted by molar-refractivity contribution is 5.94. The maximum absolute atomic E-state index is 11.6. The minimum Gasteiger partial charge on any atom is -0.481 e. The van der Waals surface area contributed by atoms with E-state index in [9.17, 15) is 9.59 Å². The Kier molecular flexibility index (Phi) is 5.16. The van der Waals surface area contributed by atoms with E-state index in [1.807, 2.05) is 6.07 Å². The van der Waals surface area contributed by atoms with Crippen molar-refractivity contribution < 1.29 is 14.7 Å². The van der Waals surface area contributed by atoms with E-state index < -0.39 is 5.97 Å². The molecule has 0 aliphatic heterocycles. The summed E-state index contributed by atoms with van der Waals surface area (Å²) in [6.07, 6.45) is 0.643. The molecule has 0 aliphatic rings. The Morgan fingerprint density at radius 2 is 2.12 bits per heavy atom. The van der Waals surface area contributed by atoms with Gasteiger partial charge < -0.3 is 16.2 Å². The van der Waals surface area contributed by atoms with E-state index in [0.29, 0.717) is 12.1 Å². The Labute approximate surface area is 99.6 Å². The van der Waals surface area contributed by atoms with Crippen LogP contribution < -0.4 is 11.1 Å². The summed E-state index contributed by atoms with van der Waals surface area (Å²) in [7, 11) is 0. The van der Waals surface area contributed by atoms with Crippen molar-refractivity contribution in [2.24, 2.45) is 5.73 Å². The van der Waals surface area contributed by atoms with Gasteiger partial charge in [0, 0.05) is 12.1 Å². The van der Waals surface area contributed by atoms with Gasteiger partial charge in [0.2, 0.25) is 0 Å². The lowest BCUT2D eigenvalue weighted by molar-refractivity contribution is -0.136. The third-order valence-electron chi connectivity index (χ3n) is 2.25. The van der Waals surface area contributed by atoms with Gasteiger partial charge in [-0.05, 0) is 30.7 Å². The first-order valence-electron chi connectivity index (χ1n) is 5.42. The van der Waals surface area contributed by atoms with Crippen LogP contribution in [0.25, 0.3) is 0 Å². The number of amides is 1. The number of hydrogen-bond acceptors (Lipinski definition) is 3. The molecule has 1 aromatic rings. The van der Waals surface area contributed by atoms with E-state index in [4.69, 9.17) is 10.8 Å². The number of hydrogen-bond donors (Lipinski definition) is 3. The maximum Gasteiger partial charge on any atom is 0.305 e. The molecule has 1 amide bonds. The Balaban J connectivity index is 2.56. The van der Waals surface area contributed by atoms with Crippen molar-refractivity contribution in [3.05, 3.63) is 35.4 Å². The first kappa shape index (κ1) is 13.2. The predicted molar refractivity (Wildman–Crippen MR) is 63.8 cm³/mol. The van der Waals surface area contributed by atoms with Gasteiger partial charge in [-0.25, -0.2) is 0 Å². The van der Waals surface area contributed by atoms with Crippen LogP contribution in [0.5, 0.6) is 0 Å². The molecule has 1 rings (SSSR count). The molecule has 0 atom stereocenters. The van der Waals surface area contributed by atoms with Crippen molar-refractivity contribution in [1.82, 2.24) is 5.32 Å². The van der Waals surface area contributed by atoms with E-state index in [0.717, 1.165) is 12.0 Å². The Hall–Kier alpha value is -1.88. The molecule has 0 aliphatic carbocycles. The van der Waals surface area contributed by atoms with Gasteiger partial charge in [0.1, 0.15) is 0 Å². The zero-order valence-corrected chi connectivity index (χ0v) is 9.48. The van der Waals surface area contributed by atoms with Crippen LogP contribution >= 0.6 is 0 Å². The summed E-state index contributed by atoms with van der Waals surface area (Å²) in [5.41, 5.74) is 6.96. The number of nitrogens with two attached hydrogens (primary N) is 1. The zero-order valence-electron chi connectivity index (χ0n) is 9.48. The van der Waals surface area contributed by atoms with Gasteiger partial charge in [-0.1, -0.05) is 12.1 Å². The average molecular weight is 236 g/mol. The van der Waals surface area contributed by atoms with Crippen LogP contribution in [-0.4, -0.2) is 30.1 Å². The van der Waals surface area contributed by atoms with Gasteiger partial charge >= 0.3 is 5.97 Å². The molecular weight excluding hydrogens is 220 g/mol. The maximum atomic E-state index is 11.6. The number of carboxylic acid groups (broad SMARTS) is 1. The quantitative estimate of drug-likeness (QED) is 0.666. The lowest BCUT2D eigenvalue weighted by Crippen LogP contribution is -2.26. The van der Waals surface area contributed by atoms with Crippen molar-refractivity contribution in [2.75, 3.05) is 13.1 Å². The molecule has 4 N–H and O–H groups in total. The topological polar surface area (TPSA) is 92.4 Å². The monoisotopic (exact) mass is 236 g/mol. The Morgan fingerprint density at radius 1 is 1.35 bits per heavy atom. The number of nitrogens with one attached hydrogen (secondary N) is 1. The molecule has 5 heteroatoms. The molecular formula is C12H16N2O3. The van der Waals surface area contributed by atoms with E-state index >= 15 is 0 Å². The largest absolute Gasteiger partial charge is 0.481 e. The van der Waals surface area contributed by atoms with Gasteiger partial charge in [-0.15, -0.1) is 0 Å². The van der Waals surface area contributed by atoms with Crippen LogP contribution in [0.2, 0.25) is 0 Å². The molecule has 0 saturated carbocycles. The SMILES string of the molecule is NCCc1cccc(C(=O)NCCC(=O)O)c1. The molecule has 0 saturated heterocycles. The standard InChI is InChI=1S/C12H16N2O3/c13-6-4-9-2-1-3-10(8-9)12(17)14-7-5-11(15)16/h1-3,8H,4-7,13H2,(H,14,17)(H,15,16). The summed E-state index contributed by atoms with van der Waals surface area (Å²) in [5.74, 6) is -1.19. The van der Waals surface area contributed by atoms with Crippen molar-refractivity contribution in [3.63, 3.8) is 0 Å². The van der Waals surface area contributed by atoms with Gasteiger partial charge in [0.25, 0.3) is 5.91 Å². The molecule has 0 bridgehead atoms. The van der Waals surface area contributed by atoms with E-state index in [1.165, 1.54) is 0 Å². The third kappa shape index (κ3) is 4.65. The van der Waals surface area contributed by atoms with Crippen LogP contribution in [-0.2, 0) is 11.2 Å². The predicted octanol–water partition coefficient (Wildman–Crippen LogP) is 0.392. The summed E-state index contributed by atoms with van der Waals surface area (Å²) in [6, 6.07) is 7.15. The first-order chi connectivity index (χ1) is 8.13. The zero-order chi connectivity index (χ0) is 12.7. The summed E-state index contributed by atoms with van der Waals surface area (Å²) < 4.78 is 0. The lowest BCUT2D eigenvalue weighted by Gasteiger charge is -2.05. The second-order valence-electron chi connectivity index (χ2n) is 3.64. The van der Waals surface area contributed by atoms with Gasteiger partial charge in [-0.2, -0.15) is 0 Å². The van der Waals surface area contributed by atoms with Gasteiger partial charge in [0.15, 0.2) is 0 Å². The van der Waals surface area contributed by atoms with Crippen LogP contribution in [0.3, 0.4) is 0 Å². The molecule has 92 valence electrons. The molecule has 0 radical (unpaired) electrons. The molecule has 0 fully saturated rings. The highest BCUT2D eigenvalue weighted by Gasteiger charge is 2.06. The summed E-state index contributed by atoms with van der Waals surface area (Å²) in [5, 5.41) is 11.0. The van der Waals surface area contributed by atoms with Crippen LogP contribution in [0.15, 0.2) is 24.3 Å². The lowest BCUT2D eigenvalue weighted by atomic mass is 10.1. The molecule has 0 unspecified atom stereocenters. The fourth-order valence-corrected chi connectivity index (χ4v) is 1.42. The van der Waals surface area contributed by atoms with Crippen LogP contribution in [0, 0.1) is 0 Å². The van der Waals surface area contributed by atoms with E-state index in [2.05, 4.69) is 5.32 Å². The van der Waals surface area contributed by atoms with Crippen LogP contribution in [0.1, 0.15) is 22.3 Å². The van der Waals surface area contributed by atoms with Gasteiger partial charge in [-0.3, -0.25) is 9.59 Å². The second kappa shape index (κ2) is 6.65. The summed E-state index contributed by atoms with van der Waals surface area (Å²) in [4.78, 5) is 21.9. The number of rotatable bonds is 6. The fourth-order valence-electron chi connectivity index (χ4n) is 1.42. The smallest absolute Gasteiger partial charge is 0.305 e. The first-order valence-corrected chi connectivity index (χ1v) is 5.42. The van der Waals surface area contributed by atoms with E-state index in [-0.39, 0.29) is 18.9 Å². The molecule has 0 spiro atoms. The minimum atomic E-state index is -0.929. The van der Waals surface area contributed by atoms with Crippen molar-refractivity contribution in [3.8, 4) is 0 Å². The number of carboxylic acids is 1. The summed E-state index contributed by atoms with van der Waals surface area (Å²) >= 11 is 0. The Bertz CT molecular complexity index is 404. The molecule has 0 aromatic heterocycles. The summed E-state index contributed by atoms with van der Waals surface area (Å²) in [6.45, 7) is 0.666. The molecule has 17 heavy (non-hydrogen) atoms.